The molecule has 0 radical (unpaired) electrons. The first-order valence-electron chi connectivity index (χ1n) is 5.63. The summed E-state index contributed by atoms with van der Waals surface area (Å²) in [6, 6.07) is 0. The third-order valence-corrected chi connectivity index (χ3v) is 3.24. The topological polar surface area (TPSA) is 20.2 Å². The van der Waals surface area contributed by atoms with Gasteiger partial charge in [0.05, 0.1) is 6.61 Å². The third-order valence-electron chi connectivity index (χ3n) is 3.24. The summed E-state index contributed by atoms with van der Waals surface area (Å²) in [7, 11) is 0. The normalized spacial score (nSPS) is 21.8. The maximum Gasteiger partial charge on any atom is 0.0617 e. The smallest absolute Gasteiger partial charge is 0.0617 e. The van der Waals surface area contributed by atoms with Crippen molar-refractivity contribution in [2.75, 3.05) is 6.61 Å². The van der Waals surface area contributed by atoms with E-state index in [-0.39, 0.29) is 6.61 Å². The van der Waals surface area contributed by atoms with Gasteiger partial charge in [0.2, 0.25) is 0 Å². The molecule has 0 spiro atoms. The molecule has 0 saturated heterocycles. The van der Waals surface area contributed by atoms with Crippen LogP contribution in [0.3, 0.4) is 0 Å². The molecule has 84 valence electrons. The second-order valence-electron chi connectivity index (χ2n) is 5.04. The molecule has 0 aromatic carbocycles. The van der Waals surface area contributed by atoms with Crippen molar-refractivity contribution in [1.82, 2.24) is 0 Å². The molecule has 0 bridgehead atoms. The van der Waals surface area contributed by atoms with Crippen LogP contribution in [0.1, 0.15) is 40.5 Å². The molecule has 1 N–H and O–H groups in total. The summed E-state index contributed by atoms with van der Waals surface area (Å²) < 4.78 is 0. The predicted octanol–water partition coefficient (Wildman–Crippen LogP) is 3.62. The molecule has 0 saturated carbocycles. The molecule has 0 heterocycles. The fourth-order valence-electron chi connectivity index (χ4n) is 2.14. The van der Waals surface area contributed by atoms with Crippen LogP contribution in [0.15, 0.2) is 34.9 Å². The number of rotatable bonds is 3. The van der Waals surface area contributed by atoms with Gasteiger partial charge in [0.15, 0.2) is 0 Å². The first-order chi connectivity index (χ1) is 6.97. The van der Waals surface area contributed by atoms with Crippen molar-refractivity contribution in [3.8, 4) is 0 Å². The van der Waals surface area contributed by atoms with Crippen molar-refractivity contribution >= 4 is 0 Å². The average Bonchev–Trinajstić information content (AvgIpc) is 2.39. The number of hydrogen-bond acceptors (Lipinski definition) is 1. The summed E-state index contributed by atoms with van der Waals surface area (Å²) in [5, 5.41) is 8.76. The average molecular weight is 206 g/mol. The highest BCUT2D eigenvalue weighted by atomic mass is 16.2. The monoisotopic (exact) mass is 206 g/mol. The van der Waals surface area contributed by atoms with E-state index in [1.807, 2.05) is 13.0 Å². The van der Waals surface area contributed by atoms with Crippen molar-refractivity contribution in [3.05, 3.63) is 34.9 Å². The lowest BCUT2D eigenvalue weighted by molar-refractivity contribution is 0.342. The van der Waals surface area contributed by atoms with Crippen molar-refractivity contribution in [1.29, 1.82) is 0 Å². The molecule has 0 aromatic rings. The lowest BCUT2D eigenvalue weighted by atomic mass is 9.85. The van der Waals surface area contributed by atoms with Gasteiger partial charge in [0, 0.05) is 0 Å². The van der Waals surface area contributed by atoms with Crippen LogP contribution in [0, 0.1) is 5.41 Å². The Balaban J connectivity index is 2.82. The fraction of sp³-hybridized carbons (Fsp3) is 0.571. The molecule has 0 atom stereocenters. The number of hydrogen-bond donors (Lipinski definition) is 1. The molecule has 0 amide bonds. The number of allylic oxidation sites excluding steroid dienone is 5. The summed E-state index contributed by atoms with van der Waals surface area (Å²) in [6.07, 6.45) is 8.61. The molecule has 1 nitrogen and oxygen atoms in total. The van der Waals surface area contributed by atoms with Gasteiger partial charge in [0.1, 0.15) is 0 Å². The van der Waals surface area contributed by atoms with E-state index in [2.05, 4.69) is 32.9 Å². The minimum Gasteiger partial charge on any atom is -0.392 e. The molecule has 0 fully saturated rings. The third kappa shape index (κ3) is 3.07. The summed E-state index contributed by atoms with van der Waals surface area (Å²) in [6.45, 7) is 8.96. The number of aliphatic hydroxyl groups excluding tert-OH is 1. The molecular formula is C14H22O. The second-order valence-corrected chi connectivity index (χ2v) is 5.04. The van der Waals surface area contributed by atoms with Gasteiger partial charge in [-0.15, -0.1) is 0 Å². The van der Waals surface area contributed by atoms with Gasteiger partial charge in [-0.25, -0.2) is 0 Å². The van der Waals surface area contributed by atoms with Crippen LogP contribution in [0.25, 0.3) is 0 Å². The van der Waals surface area contributed by atoms with E-state index in [1.165, 1.54) is 24.0 Å². The minimum atomic E-state index is 0.123. The van der Waals surface area contributed by atoms with E-state index < -0.39 is 0 Å². The van der Waals surface area contributed by atoms with Crippen LogP contribution >= 0.6 is 0 Å². The summed E-state index contributed by atoms with van der Waals surface area (Å²) in [5.41, 5.74) is 4.42. The van der Waals surface area contributed by atoms with E-state index in [1.54, 1.807) is 0 Å². The Bertz CT molecular complexity index is 316. The Labute approximate surface area is 93.2 Å². The Hall–Kier alpha value is -0.820. The van der Waals surface area contributed by atoms with Crippen LogP contribution in [0.5, 0.6) is 0 Å². The van der Waals surface area contributed by atoms with Gasteiger partial charge in [-0.3, -0.25) is 0 Å². The highest BCUT2D eigenvalue weighted by molar-refractivity contribution is 5.37. The van der Waals surface area contributed by atoms with Crippen molar-refractivity contribution in [3.63, 3.8) is 0 Å². The van der Waals surface area contributed by atoms with Crippen molar-refractivity contribution in [2.24, 2.45) is 5.41 Å². The van der Waals surface area contributed by atoms with Crippen LogP contribution in [0.2, 0.25) is 0 Å². The maximum atomic E-state index is 8.76. The van der Waals surface area contributed by atoms with Gasteiger partial charge in [-0.1, -0.05) is 43.2 Å². The zero-order valence-electron chi connectivity index (χ0n) is 10.3. The molecule has 0 unspecified atom stereocenters. The highest BCUT2D eigenvalue weighted by Gasteiger charge is 2.28. The van der Waals surface area contributed by atoms with Crippen LogP contribution in [-0.2, 0) is 0 Å². The van der Waals surface area contributed by atoms with E-state index in [9.17, 15) is 0 Å². The molecule has 0 aliphatic heterocycles. The van der Waals surface area contributed by atoms with Crippen LogP contribution in [0.4, 0.5) is 0 Å². The summed E-state index contributed by atoms with van der Waals surface area (Å²) >= 11 is 0. The molecule has 1 rings (SSSR count). The van der Waals surface area contributed by atoms with Gasteiger partial charge in [-0.2, -0.15) is 0 Å². The molecule has 0 aromatic heterocycles. The maximum absolute atomic E-state index is 8.76. The SMILES string of the molecule is CC(C=CC1=C(C)CCC1(C)C)=CCO. The zero-order valence-corrected chi connectivity index (χ0v) is 10.3. The molecular weight excluding hydrogens is 184 g/mol. The first kappa shape index (κ1) is 12.3. The Morgan fingerprint density at radius 2 is 2.13 bits per heavy atom. The zero-order chi connectivity index (χ0) is 11.5. The molecule has 1 aliphatic carbocycles. The van der Waals surface area contributed by atoms with E-state index in [0.717, 1.165) is 5.57 Å². The predicted molar refractivity (Wildman–Crippen MR) is 65.7 cm³/mol. The summed E-state index contributed by atoms with van der Waals surface area (Å²) in [5.74, 6) is 0. The van der Waals surface area contributed by atoms with Gasteiger partial charge >= 0.3 is 0 Å². The number of aliphatic hydroxyl groups is 1. The van der Waals surface area contributed by atoms with Gasteiger partial charge in [-0.05, 0) is 37.7 Å². The van der Waals surface area contributed by atoms with Gasteiger partial charge < -0.3 is 5.11 Å². The fourth-order valence-corrected chi connectivity index (χ4v) is 2.14. The Morgan fingerprint density at radius 3 is 2.60 bits per heavy atom. The molecule has 15 heavy (non-hydrogen) atoms. The minimum absolute atomic E-state index is 0.123. The van der Waals surface area contributed by atoms with Crippen molar-refractivity contribution < 1.29 is 5.11 Å². The lowest BCUT2D eigenvalue weighted by Crippen LogP contribution is -2.08. The quantitative estimate of drug-likeness (QED) is 0.699. The first-order valence-corrected chi connectivity index (χ1v) is 5.63. The second kappa shape index (κ2) is 4.80. The standard InChI is InChI=1S/C14H22O/c1-11(8-10-15)5-6-13-12(2)7-9-14(13,3)4/h5-6,8,15H,7,9-10H2,1-4H3. The summed E-state index contributed by atoms with van der Waals surface area (Å²) in [4.78, 5) is 0. The molecule has 1 heteroatoms. The van der Waals surface area contributed by atoms with Crippen LogP contribution in [-0.4, -0.2) is 11.7 Å². The van der Waals surface area contributed by atoms with Crippen LogP contribution < -0.4 is 0 Å². The lowest BCUT2D eigenvalue weighted by Gasteiger charge is -2.20. The van der Waals surface area contributed by atoms with E-state index in [0.29, 0.717) is 5.41 Å². The largest absolute Gasteiger partial charge is 0.392 e. The highest BCUT2D eigenvalue weighted by Crippen LogP contribution is 2.42. The van der Waals surface area contributed by atoms with Gasteiger partial charge in [0.25, 0.3) is 0 Å². The van der Waals surface area contributed by atoms with E-state index >= 15 is 0 Å². The molecule has 1 aliphatic rings. The van der Waals surface area contributed by atoms with Crippen molar-refractivity contribution in [2.45, 2.75) is 40.5 Å². The Kier molecular flexibility index (Phi) is 3.92. The van der Waals surface area contributed by atoms with E-state index in [4.69, 9.17) is 5.11 Å². The Morgan fingerprint density at radius 1 is 1.47 bits per heavy atom.